The summed E-state index contributed by atoms with van der Waals surface area (Å²) in [5.74, 6) is 0.288. The Balaban J connectivity index is 1.61. The van der Waals surface area contributed by atoms with Gasteiger partial charge in [-0.1, -0.05) is 36.7 Å². The molecule has 0 atom stereocenters. The molecule has 0 radical (unpaired) electrons. The minimum Gasteiger partial charge on any atom is -0.482 e. The molecule has 164 valence electrons. The van der Waals surface area contributed by atoms with Crippen molar-refractivity contribution in [3.8, 4) is 5.75 Å². The number of aromatic nitrogens is 1. The van der Waals surface area contributed by atoms with Gasteiger partial charge < -0.3 is 18.9 Å². The maximum atomic E-state index is 11.5. The first kappa shape index (κ1) is 22.4. The maximum Gasteiger partial charge on any atom is 0.344 e. The normalized spacial score (nSPS) is 11.5. The molecular formula is C25H30N2O4. The molecule has 31 heavy (non-hydrogen) atoms. The van der Waals surface area contributed by atoms with Crippen molar-refractivity contribution in [1.29, 1.82) is 0 Å². The predicted octanol–water partition coefficient (Wildman–Crippen LogP) is 5.11. The van der Waals surface area contributed by atoms with Gasteiger partial charge in [0.05, 0.1) is 18.9 Å². The Morgan fingerprint density at radius 3 is 2.71 bits per heavy atom. The van der Waals surface area contributed by atoms with E-state index in [9.17, 15) is 4.79 Å². The molecule has 0 saturated heterocycles. The second kappa shape index (κ2) is 11.2. The molecule has 0 saturated carbocycles. The lowest BCUT2D eigenvalue weighted by atomic mass is 10.0. The Morgan fingerprint density at radius 1 is 1.10 bits per heavy atom. The molecule has 0 spiro atoms. The molecule has 0 N–H and O–H groups in total. The van der Waals surface area contributed by atoms with E-state index in [1.165, 1.54) is 10.9 Å². The largest absolute Gasteiger partial charge is 0.482 e. The molecule has 6 heteroatoms. The third-order valence-electron chi connectivity index (χ3n) is 4.92. The zero-order chi connectivity index (χ0) is 22.1. The number of carbonyl (C=O) groups is 1. The first-order chi connectivity index (χ1) is 15.1. The molecule has 0 fully saturated rings. The molecule has 3 rings (SSSR count). The number of ether oxygens (including phenoxy) is 2. The molecule has 0 unspecified atom stereocenters. The molecule has 0 bridgehead atoms. The lowest BCUT2D eigenvalue weighted by Gasteiger charge is -2.12. The third kappa shape index (κ3) is 6.10. The van der Waals surface area contributed by atoms with Gasteiger partial charge in [0.15, 0.2) is 6.61 Å². The van der Waals surface area contributed by atoms with E-state index < -0.39 is 0 Å². The van der Waals surface area contributed by atoms with Gasteiger partial charge in [-0.2, -0.15) is 0 Å². The highest BCUT2D eigenvalue weighted by Gasteiger charge is 2.10. The van der Waals surface area contributed by atoms with Gasteiger partial charge in [-0.3, -0.25) is 0 Å². The molecule has 0 aliphatic carbocycles. The summed E-state index contributed by atoms with van der Waals surface area (Å²) in [5, 5.41) is 5.64. The van der Waals surface area contributed by atoms with E-state index in [0.29, 0.717) is 19.0 Å². The van der Waals surface area contributed by atoms with Gasteiger partial charge in [-0.25, -0.2) is 4.79 Å². The fraction of sp³-hybridized carbons (Fsp3) is 0.360. The summed E-state index contributed by atoms with van der Waals surface area (Å²) in [4.78, 5) is 17.2. The molecule has 1 aromatic heterocycles. The van der Waals surface area contributed by atoms with Crippen LogP contribution in [0.5, 0.6) is 5.75 Å². The van der Waals surface area contributed by atoms with Crippen LogP contribution in [0.2, 0.25) is 0 Å². The fourth-order valence-corrected chi connectivity index (χ4v) is 3.41. The number of para-hydroxylation sites is 1. The van der Waals surface area contributed by atoms with E-state index in [1.807, 2.05) is 37.3 Å². The zero-order valence-corrected chi connectivity index (χ0v) is 18.5. The average molecular weight is 423 g/mol. The van der Waals surface area contributed by atoms with E-state index in [1.54, 1.807) is 6.92 Å². The van der Waals surface area contributed by atoms with E-state index >= 15 is 0 Å². The lowest BCUT2D eigenvalue weighted by Crippen LogP contribution is -2.15. The Hall–Kier alpha value is -3.28. The summed E-state index contributed by atoms with van der Waals surface area (Å²) in [5.41, 5.74) is 4.02. The summed E-state index contributed by atoms with van der Waals surface area (Å²) >= 11 is 0. The van der Waals surface area contributed by atoms with Crippen LogP contribution in [0, 0.1) is 6.92 Å². The van der Waals surface area contributed by atoms with Crippen molar-refractivity contribution < 1.29 is 19.1 Å². The van der Waals surface area contributed by atoms with Crippen LogP contribution in [0.3, 0.4) is 0 Å². The van der Waals surface area contributed by atoms with Crippen LogP contribution < -0.4 is 4.74 Å². The van der Waals surface area contributed by atoms with Gasteiger partial charge in [0.25, 0.3) is 0 Å². The van der Waals surface area contributed by atoms with Crippen LogP contribution in [0.1, 0.15) is 37.8 Å². The number of esters is 1. The number of nitrogens with zero attached hydrogens (tertiary/aromatic N) is 2. The van der Waals surface area contributed by atoms with Crippen LogP contribution in [-0.4, -0.2) is 36.1 Å². The third-order valence-corrected chi connectivity index (χ3v) is 4.92. The molecule has 6 nitrogen and oxygen atoms in total. The minimum atomic E-state index is -0.372. The summed E-state index contributed by atoms with van der Waals surface area (Å²) in [6, 6.07) is 16.2. The molecule has 1 heterocycles. The number of fused-ring (bicyclic) bond motifs is 1. The van der Waals surface area contributed by atoms with Crippen LogP contribution in [-0.2, 0) is 20.9 Å². The molecular weight excluding hydrogens is 392 g/mol. The Bertz CT molecular complexity index is 1040. The van der Waals surface area contributed by atoms with Gasteiger partial charge >= 0.3 is 5.97 Å². The average Bonchev–Trinajstić information content (AvgIpc) is 3.18. The zero-order valence-electron chi connectivity index (χ0n) is 18.5. The van der Waals surface area contributed by atoms with E-state index in [-0.39, 0.29) is 12.6 Å². The van der Waals surface area contributed by atoms with Gasteiger partial charge in [-0.15, -0.1) is 0 Å². The van der Waals surface area contributed by atoms with E-state index in [2.05, 4.69) is 41.0 Å². The van der Waals surface area contributed by atoms with Crippen LogP contribution in [0.4, 0.5) is 0 Å². The number of hydrogen-bond acceptors (Lipinski definition) is 5. The molecule has 3 aromatic rings. The molecule has 0 amide bonds. The van der Waals surface area contributed by atoms with E-state index in [4.69, 9.17) is 14.3 Å². The minimum absolute atomic E-state index is 0.0961. The maximum absolute atomic E-state index is 11.5. The van der Waals surface area contributed by atoms with Crippen molar-refractivity contribution in [2.45, 2.75) is 40.2 Å². The highest BCUT2D eigenvalue weighted by molar-refractivity contribution is 6.00. The van der Waals surface area contributed by atoms with Crippen molar-refractivity contribution in [1.82, 2.24) is 4.57 Å². The summed E-state index contributed by atoms with van der Waals surface area (Å²) < 4.78 is 12.6. The van der Waals surface area contributed by atoms with Crippen LogP contribution in [0.25, 0.3) is 10.9 Å². The SMILES string of the molecule is CCC/C(=N\OCCn1ccc2ccccc21)c1ccc(OCC(=O)OCC)c(C)c1. The number of hydrogen-bond donors (Lipinski definition) is 0. The number of rotatable bonds is 11. The van der Waals surface area contributed by atoms with Crippen molar-refractivity contribution in [3.05, 3.63) is 65.9 Å². The summed E-state index contributed by atoms with van der Waals surface area (Å²) in [7, 11) is 0. The quantitative estimate of drug-likeness (QED) is 0.186. The first-order valence-corrected chi connectivity index (χ1v) is 10.7. The first-order valence-electron chi connectivity index (χ1n) is 10.7. The number of aryl methyl sites for hydroxylation is 1. The second-order valence-electron chi connectivity index (χ2n) is 7.26. The van der Waals surface area contributed by atoms with Crippen molar-refractivity contribution in [2.75, 3.05) is 19.8 Å². The van der Waals surface area contributed by atoms with Crippen LogP contribution in [0.15, 0.2) is 59.9 Å². The number of oxime groups is 1. The number of benzene rings is 2. The molecule has 0 aliphatic heterocycles. The predicted molar refractivity (Wildman–Crippen MR) is 123 cm³/mol. The van der Waals surface area contributed by atoms with Gasteiger partial charge in [0, 0.05) is 11.7 Å². The highest BCUT2D eigenvalue weighted by atomic mass is 16.6. The lowest BCUT2D eigenvalue weighted by molar-refractivity contribution is -0.145. The Morgan fingerprint density at radius 2 is 1.94 bits per heavy atom. The standard InChI is InChI=1S/C25H30N2O4/c1-4-8-22(21-11-12-24(19(3)17-21)30-18-25(28)29-5-2)26-31-16-15-27-14-13-20-9-6-7-10-23(20)27/h6-7,9-14,17H,4-5,8,15-16,18H2,1-3H3/b26-22+. The summed E-state index contributed by atoms with van der Waals surface area (Å²) in [6.07, 6.45) is 3.85. The topological polar surface area (TPSA) is 62.0 Å². The fourth-order valence-electron chi connectivity index (χ4n) is 3.41. The van der Waals surface area contributed by atoms with Crippen LogP contribution >= 0.6 is 0 Å². The van der Waals surface area contributed by atoms with Crippen molar-refractivity contribution in [2.24, 2.45) is 5.16 Å². The van der Waals surface area contributed by atoms with Crippen molar-refractivity contribution in [3.63, 3.8) is 0 Å². The van der Waals surface area contributed by atoms with Crippen molar-refractivity contribution >= 4 is 22.6 Å². The molecule has 0 aliphatic rings. The Kier molecular flexibility index (Phi) is 8.10. The Labute approximate surface area is 183 Å². The number of carbonyl (C=O) groups excluding carboxylic acids is 1. The molecule has 2 aromatic carbocycles. The monoisotopic (exact) mass is 422 g/mol. The van der Waals surface area contributed by atoms with Gasteiger partial charge in [0.1, 0.15) is 12.4 Å². The van der Waals surface area contributed by atoms with Gasteiger partial charge in [0.2, 0.25) is 0 Å². The van der Waals surface area contributed by atoms with Gasteiger partial charge in [-0.05, 0) is 67.1 Å². The smallest absolute Gasteiger partial charge is 0.344 e. The highest BCUT2D eigenvalue weighted by Crippen LogP contribution is 2.21. The second-order valence-corrected chi connectivity index (χ2v) is 7.26. The summed E-state index contributed by atoms with van der Waals surface area (Å²) in [6.45, 7) is 7.31. The van der Waals surface area contributed by atoms with E-state index in [0.717, 1.165) is 36.2 Å².